The van der Waals surface area contributed by atoms with Crippen LogP contribution in [0.3, 0.4) is 0 Å². The van der Waals surface area contributed by atoms with Crippen LogP contribution in [0.2, 0.25) is 5.02 Å². The zero-order valence-electron chi connectivity index (χ0n) is 16.5. The van der Waals surface area contributed by atoms with Crippen molar-refractivity contribution in [2.75, 3.05) is 6.54 Å². The second-order valence-corrected chi connectivity index (χ2v) is 11.2. The normalized spacial score (nSPS) is 13.2. The predicted molar refractivity (Wildman–Crippen MR) is 118 cm³/mol. The largest absolute Gasteiger partial charge is 0.240 e. The van der Waals surface area contributed by atoms with Gasteiger partial charge in [-0.25, -0.2) is 21.6 Å². The summed E-state index contributed by atoms with van der Waals surface area (Å²) in [4.78, 5) is -0.102. The molecule has 0 saturated carbocycles. The van der Waals surface area contributed by atoms with E-state index in [1.54, 1.807) is 6.92 Å². The lowest BCUT2D eigenvalue weighted by molar-refractivity contribution is 0.574. The van der Waals surface area contributed by atoms with Crippen molar-refractivity contribution in [3.63, 3.8) is 0 Å². The third-order valence-electron chi connectivity index (χ3n) is 4.83. The monoisotopic (exact) mass is 463 g/mol. The molecule has 3 rings (SSSR count). The van der Waals surface area contributed by atoms with Crippen LogP contribution < -0.4 is 4.72 Å². The van der Waals surface area contributed by atoms with Gasteiger partial charge in [0, 0.05) is 11.6 Å². The summed E-state index contributed by atoms with van der Waals surface area (Å²) < 4.78 is 54.3. The van der Waals surface area contributed by atoms with Gasteiger partial charge in [0.1, 0.15) is 0 Å². The van der Waals surface area contributed by atoms with Crippen LogP contribution in [0.15, 0.2) is 87.5 Å². The van der Waals surface area contributed by atoms with Gasteiger partial charge >= 0.3 is 0 Å². The van der Waals surface area contributed by atoms with Gasteiger partial charge in [-0.1, -0.05) is 54.9 Å². The van der Waals surface area contributed by atoms with Crippen LogP contribution in [-0.4, -0.2) is 23.4 Å². The molecule has 0 aromatic heterocycles. The molecule has 30 heavy (non-hydrogen) atoms. The van der Waals surface area contributed by atoms with Crippen LogP contribution in [0.1, 0.15) is 24.0 Å². The minimum atomic E-state index is -3.90. The Morgan fingerprint density at radius 3 is 2.10 bits per heavy atom. The number of sulfonamides is 1. The fourth-order valence-electron chi connectivity index (χ4n) is 3.00. The van der Waals surface area contributed by atoms with Gasteiger partial charge in [0.2, 0.25) is 19.9 Å². The Morgan fingerprint density at radius 2 is 1.47 bits per heavy atom. The van der Waals surface area contributed by atoms with E-state index in [-0.39, 0.29) is 27.1 Å². The maximum atomic E-state index is 12.9. The highest BCUT2D eigenvalue weighted by Crippen LogP contribution is 2.26. The molecule has 1 N–H and O–H groups in total. The van der Waals surface area contributed by atoms with Crippen molar-refractivity contribution in [3.05, 3.63) is 88.9 Å². The van der Waals surface area contributed by atoms with E-state index >= 15 is 0 Å². The van der Waals surface area contributed by atoms with E-state index in [4.69, 9.17) is 11.6 Å². The molecule has 3 aromatic rings. The average molecular weight is 464 g/mol. The molecule has 0 heterocycles. The van der Waals surface area contributed by atoms with Crippen LogP contribution in [0.5, 0.6) is 0 Å². The van der Waals surface area contributed by atoms with Gasteiger partial charge in [0.25, 0.3) is 0 Å². The van der Waals surface area contributed by atoms with Crippen LogP contribution in [0, 0.1) is 6.92 Å². The van der Waals surface area contributed by atoms with Crippen molar-refractivity contribution in [1.29, 1.82) is 0 Å². The van der Waals surface area contributed by atoms with Gasteiger partial charge in [0.05, 0.1) is 14.7 Å². The van der Waals surface area contributed by atoms with Crippen molar-refractivity contribution in [2.24, 2.45) is 0 Å². The number of nitrogens with one attached hydrogen (secondary N) is 1. The SMILES string of the molecule is Cc1ccc(S(=O)(=O)c2ccc(Cl)cc2)cc1S(=O)(=O)NC[C@@H](C)c1ccccc1. The topological polar surface area (TPSA) is 80.3 Å². The lowest BCUT2D eigenvalue weighted by Gasteiger charge is -2.15. The molecule has 0 fully saturated rings. The summed E-state index contributed by atoms with van der Waals surface area (Å²) in [5.74, 6) is -0.0396. The molecule has 0 aliphatic rings. The fourth-order valence-corrected chi connectivity index (χ4v) is 5.89. The summed E-state index contributed by atoms with van der Waals surface area (Å²) in [7, 11) is -7.78. The van der Waals surface area contributed by atoms with Gasteiger partial charge < -0.3 is 0 Å². The van der Waals surface area contributed by atoms with Gasteiger partial charge in [-0.05, 0) is 60.4 Å². The van der Waals surface area contributed by atoms with Crippen molar-refractivity contribution < 1.29 is 16.8 Å². The Hall–Kier alpha value is -2.19. The Morgan fingerprint density at radius 1 is 0.867 bits per heavy atom. The number of benzene rings is 3. The zero-order chi connectivity index (χ0) is 21.9. The summed E-state index contributed by atoms with van der Waals surface area (Å²) in [5.41, 5.74) is 1.47. The molecule has 0 unspecified atom stereocenters. The van der Waals surface area contributed by atoms with Gasteiger partial charge in [-0.3, -0.25) is 0 Å². The number of rotatable bonds is 7. The molecule has 0 aliphatic heterocycles. The molecule has 1 atom stereocenters. The molecule has 0 saturated heterocycles. The fraction of sp³-hybridized carbons (Fsp3) is 0.182. The first-order valence-corrected chi connectivity index (χ1v) is 12.6. The Balaban J connectivity index is 1.89. The maximum Gasteiger partial charge on any atom is 0.240 e. The van der Waals surface area contributed by atoms with Crippen LogP contribution in [0.4, 0.5) is 0 Å². The second-order valence-electron chi connectivity index (χ2n) is 7.05. The lowest BCUT2D eigenvalue weighted by atomic mass is 10.0. The number of hydrogen-bond acceptors (Lipinski definition) is 4. The summed E-state index contributed by atoms with van der Waals surface area (Å²) in [5, 5.41) is 0.415. The number of sulfone groups is 1. The van der Waals surface area contributed by atoms with Crippen LogP contribution >= 0.6 is 11.6 Å². The van der Waals surface area contributed by atoms with E-state index in [0.717, 1.165) is 5.56 Å². The van der Waals surface area contributed by atoms with Crippen molar-refractivity contribution in [1.82, 2.24) is 4.72 Å². The van der Waals surface area contributed by atoms with Crippen molar-refractivity contribution in [3.8, 4) is 0 Å². The smallest absolute Gasteiger partial charge is 0.219 e. The summed E-state index contributed by atoms with van der Waals surface area (Å²) in [6, 6.07) is 19.4. The summed E-state index contributed by atoms with van der Waals surface area (Å²) in [6.45, 7) is 3.75. The highest BCUT2D eigenvalue weighted by Gasteiger charge is 2.23. The average Bonchev–Trinajstić information content (AvgIpc) is 2.73. The van der Waals surface area contributed by atoms with E-state index in [1.807, 2.05) is 37.3 Å². The van der Waals surface area contributed by atoms with E-state index in [2.05, 4.69) is 4.72 Å². The number of halogens is 1. The lowest BCUT2D eigenvalue weighted by Crippen LogP contribution is -2.28. The van der Waals surface area contributed by atoms with Crippen LogP contribution in [0.25, 0.3) is 0 Å². The zero-order valence-corrected chi connectivity index (χ0v) is 18.9. The maximum absolute atomic E-state index is 12.9. The minimum absolute atomic E-state index is 0.0396. The van der Waals surface area contributed by atoms with E-state index in [1.165, 1.54) is 42.5 Å². The molecular weight excluding hydrogens is 442 g/mol. The third-order valence-corrected chi connectivity index (χ3v) is 8.42. The van der Waals surface area contributed by atoms with Crippen LogP contribution in [-0.2, 0) is 19.9 Å². The second kappa shape index (κ2) is 8.89. The van der Waals surface area contributed by atoms with Gasteiger partial charge in [0.15, 0.2) is 0 Å². The minimum Gasteiger partial charge on any atom is -0.219 e. The molecule has 0 radical (unpaired) electrons. The molecule has 3 aromatic carbocycles. The van der Waals surface area contributed by atoms with Gasteiger partial charge in [-0.2, -0.15) is 0 Å². The number of hydrogen-bond donors (Lipinski definition) is 1. The predicted octanol–water partition coefficient (Wildman–Crippen LogP) is 4.56. The molecule has 0 aliphatic carbocycles. The van der Waals surface area contributed by atoms with Crippen molar-refractivity contribution in [2.45, 2.75) is 34.5 Å². The van der Waals surface area contributed by atoms with E-state index in [9.17, 15) is 16.8 Å². The molecule has 158 valence electrons. The Bertz CT molecular complexity index is 1240. The molecule has 5 nitrogen and oxygen atoms in total. The number of aryl methyl sites for hydroxylation is 1. The third kappa shape index (κ3) is 4.92. The standard InChI is InChI=1S/C22H22ClNO4S2/c1-16-8-11-21(29(25,26)20-12-9-19(23)10-13-20)14-22(16)30(27,28)24-15-17(2)18-6-4-3-5-7-18/h3-14,17,24H,15H2,1-2H3/t17-/m1/s1. The molecule has 8 heteroatoms. The Labute approximate surface area is 182 Å². The first-order valence-electron chi connectivity index (χ1n) is 9.27. The first kappa shape index (κ1) is 22.5. The van der Waals surface area contributed by atoms with E-state index in [0.29, 0.717) is 10.6 Å². The summed E-state index contributed by atoms with van der Waals surface area (Å²) >= 11 is 5.84. The van der Waals surface area contributed by atoms with Crippen molar-refractivity contribution >= 4 is 31.5 Å². The highest BCUT2D eigenvalue weighted by atomic mass is 35.5. The molecule has 0 amide bonds. The van der Waals surface area contributed by atoms with E-state index < -0.39 is 19.9 Å². The molecule has 0 bridgehead atoms. The Kier molecular flexibility index (Phi) is 6.67. The molecule has 0 spiro atoms. The molecular formula is C22H22ClNO4S2. The first-order chi connectivity index (χ1) is 14.1. The summed E-state index contributed by atoms with van der Waals surface area (Å²) in [6.07, 6.45) is 0. The highest BCUT2D eigenvalue weighted by molar-refractivity contribution is 7.91. The van der Waals surface area contributed by atoms with Gasteiger partial charge in [-0.15, -0.1) is 0 Å². The quantitative estimate of drug-likeness (QED) is 0.556.